The molecule has 0 bridgehead atoms. The molecular weight excluding hydrogens is 228 g/mol. The van der Waals surface area contributed by atoms with E-state index in [1.165, 1.54) is 6.42 Å². The Morgan fingerprint density at radius 1 is 1.56 bits per heavy atom. The molecule has 4 nitrogen and oxygen atoms in total. The van der Waals surface area contributed by atoms with E-state index in [2.05, 4.69) is 18.8 Å². The fourth-order valence-corrected chi connectivity index (χ4v) is 2.56. The van der Waals surface area contributed by atoms with Gasteiger partial charge in [0.2, 0.25) is 0 Å². The smallest absolute Gasteiger partial charge is 0.337 e. The van der Waals surface area contributed by atoms with Crippen LogP contribution in [-0.2, 0) is 6.54 Å². The molecule has 1 fully saturated rings. The molecule has 0 aliphatic heterocycles. The van der Waals surface area contributed by atoms with Gasteiger partial charge in [-0.25, -0.2) is 9.78 Å². The van der Waals surface area contributed by atoms with E-state index < -0.39 is 5.97 Å². The third kappa shape index (κ3) is 1.68. The van der Waals surface area contributed by atoms with Crippen molar-refractivity contribution in [3.63, 3.8) is 0 Å². The maximum absolute atomic E-state index is 11.3. The SMILES string of the molecule is CC1(C)CC1Cn1cnc2cccc(C(=O)O)c21. The molecule has 1 aromatic carbocycles. The molecule has 1 N–H and O–H groups in total. The largest absolute Gasteiger partial charge is 0.478 e. The van der Waals surface area contributed by atoms with Crippen LogP contribution in [-0.4, -0.2) is 20.6 Å². The van der Waals surface area contributed by atoms with Crippen LogP contribution in [0.1, 0.15) is 30.6 Å². The van der Waals surface area contributed by atoms with Crippen LogP contribution in [0.5, 0.6) is 0 Å². The fourth-order valence-electron chi connectivity index (χ4n) is 2.56. The molecule has 1 atom stereocenters. The lowest BCUT2D eigenvalue weighted by atomic mass is 10.1. The molecule has 1 aliphatic rings. The van der Waals surface area contributed by atoms with Crippen LogP contribution in [0.4, 0.5) is 0 Å². The van der Waals surface area contributed by atoms with Crippen LogP contribution >= 0.6 is 0 Å². The van der Waals surface area contributed by atoms with Crippen LogP contribution in [0, 0.1) is 11.3 Å². The van der Waals surface area contributed by atoms with Crippen molar-refractivity contribution >= 4 is 17.0 Å². The van der Waals surface area contributed by atoms with Crippen molar-refractivity contribution in [2.24, 2.45) is 11.3 Å². The highest BCUT2D eigenvalue weighted by Crippen LogP contribution is 2.52. The van der Waals surface area contributed by atoms with Crippen LogP contribution in [0.3, 0.4) is 0 Å². The number of aromatic carboxylic acids is 1. The zero-order chi connectivity index (χ0) is 12.9. The molecule has 1 unspecified atom stereocenters. The summed E-state index contributed by atoms with van der Waals surface area (Å²) in [4.78, 5) is 15.5. The lowest BCUT2D eigenvalue weighted by molar-refractivity contribution is 0.0698. The number of rotatable bonds is 3. The van der Waals surface area contributed by atoms with Gasteiger partial charge in [0, 0.05) is 6.54 Å². The molecule has 0 radical (unpaired) electrons. The van der Waals surface area contributed by atoms with Crippen molar-refractivity contribution in [1.29, 1.82) is 0 Å². The van der Waals surface area contributed by atoms with Gasteiger partial charge in [0.05, 0.1) is 22.9 Å². The number of carboxylic acid groups (broad SMARTS) is 1. The Bertz CT molecular complexity index is 628. The lowest BCUT2D eigenvalue weighted by Crippen LogP contribution is -2.06. The number of fused-ring (bicyclic) bond motifs is 1. The van der Waals surface area contributed by atoms with Crippen molar-refractivity contribution in [1.82, 2.24) is 9.55 Å². The molecule has 0 spiro atoms. The zero-order valence-electron chi connectivity index (χ0n) is 10.6. The zero-order valence-corrected chi connectivity index (χ0v) is 10.6. The van der Waals surface area contributed by atoms with Crippen molar-refractivity contribution < 1.29 is 9.90 Å². The summed E-state index contributed by atoms with van der Waals surface area (Å²) >= 11 is 0. The summed E-state index contributed by atoms with van der Waals surface area (Å²) in [6.45, 7) is 5.34. The Balaban J connectivity index is 2.05. The first-order valence-electron chi connectivity index (χ1n) is 6.16. The first-order valence-corrected chi connectivity index (χ1v) is 6.16. The number of imidazole rings is 1. The summed E-state index contributed by atoms with van der Waals surface area (Å²) in [6.07, 6.45) is 2.95. The van der Waals surface area contributed by atoms with Crippen molar-refractivity contribution in [3.8, 4) is 0 Å². The predicted octanol–water partition coefficient (Wildman–Crippen LogP) is 2.78. The molecule has 1 heterocycles. The minimum Gasteiger partial charge on any atom is -0.478 e. The number of para-hydroxylation sites is 1. The Kier molecular flexibility index (Phi) is 2.24. The normalized spacial score (nSPS) is 21.1. The Morgan fingerprint density at radius 3 is 2.89 bits per heavy atom. The summed E-state index contributed by atoms with van der Waals surface area (Å²) < 4.78 is 1.98. The fraction of sp³-hybridized carbons (Fsp3) is 0.429. The predicted molar refractivity (Wildman–Crippen MR) is 68.6 cm³/mol. The molecule has 94 valence electrons. The van der Waals surface area contributed by atoms with E-state index in [1.54, 1.807) is 18.5 Å². The van der Waals surface area contributed by atoms with E-state index >= 15 is 0 Å². The van der Waals surface area contributed by atoms with Gasteiger partial charge >= 0.3 is 5.97 Å². The van der Waals surface area contributed by atoms with Crippen LogP contribution < -0.4 is 0 Å². The molecular formula is C14H16N2O2. The van der Waals surface area contributed by atoms with Crippen molar-refractivity contribution in [3.05, 3.63) is 30.1 Å². The van der Waals surface area contributed by atoms with E-state index in [0.29, 0.717) is 16.9 Å². The highest BCUT2D eigenvalue weighted by molar-refractivity contribution is 6.01. The number of hydrogen-bond donors (Lipinski definition) is 1. The molecule has 4 heteroatoms. The maximum Gasteiger partial charge on any atom is 0.337 e. The molecule has 0 amide bonds. The molecule has 2 aromatic rings. The number of carbonyl (C=O) groups is 1. The van der Waals surface area contributed by atoms with Gasteiger partial charge in [0.25, 0.3) is 0 Å². The number of benzene rings is 1. The third-order valence-corrected chi connectivity index (χ3v) is 4.00. The first-order chi connectivity index (χ1) is 8.49. The highest BCUT2D eigenvalue weighted by atomic mass is 16.4. The summed E-state index contributed by atoms with van der Waals surface area (Å²) in [5, 5.41) is 9.24. The van der Waals surface area contributed by atoms with Gasteiger partial charge in [-0.15, -0.1) is 0 Å². The van der Waals surface area contributed by atoms with Gasteiger partial charge < -0.3 is 9.67 Å². The van der Waals surface area contributed by atoms with Crippen LogP contribution in [0.15, 0.2) is 24.5 Å². The molecule has 18 heavy (non-hydrogen) atoms. The van der Waals surface area contributed by atoms with E-state index in [4.69, 9.17) is 0 Å². The minimum atomic E-state index is -0.891. The molecule has 1 saturated carbocycles. The number of aromatic nitrogens is 2. The number of hydrogen-bond acceptors (Lipinski definition) is 2. The van der Waals surface area contributed by atoms with Gasteiger partial charge in [-0.2, -0.15) is 0 Å². The van der Waals surface area contributed by atoms with E-state index in [1.807, 2.05) is 10.6 Å². The minimum absolute atomic E-state index is 0.337. The Hall–Kier alpha value is -1.84. The first kappa shape index (κ1) is 11.3. The summed E-state index contributed by atoms with van der Waals surface area (Å²) in [5.74, 6) is -0.269. The number of nitrogens with zero attached hydrogens (tertiary/aromatic N) is 2. The standard InChI is InChI=1S/C14H16N2O2/c1-14(2)6-9(14)7-16-8-15-11-5-3-4-10(12(11)16)13(17)18/h3-5,8-9H,6-7H2,1-2H3,(H,17,18). The van der Waals surface area contributed by atoms with Gasteiger partial charge in [0.1, 0.15) is 0 Å². The van der Waals surface area contributed by atoms with Crippen LogP contribution in [0.2, 0.25) is 0 Å². The maximum atomic E-state index is 11.3. The van der Waals surface area contributed by atoms with Crippen molar-refractivity contribution in [2.75, 3.05) is 0 Å². The summed E-state index contributed by atoms with van der Waals surface area (Å²) in [5.41, 5.74) is 2.22. The number of carboxylic acids is 1. The monoisotopic (exact) mass is 244 g/mol. The quantitative estimate of drug-likeness (QED) is 0.903. The highest BCUT2D eigenvalue weighted by Gasteiger charge is 2.45. The van der Waals surface area contributed by atoms with E-state index in [0.717, 1.165) is 17.6 Å². The lowest BCUT2D eigenvalue weighted by Gasteiger charge is -2.07. The van der Waals surface area contributed by atoms with Gasteiger partial charge in [-0.1, -0.05) is 19.9 Å². The van der Waals surface area contributed by atoms with Crippen molar-refractivity contribution in [2.45, 2.75) is 26.8 Å². The second kappa shape index (κ2) is 3.57. The average Bonchev–Trinajstić information content (AvgIpc) is 2.72. The molecule has 3 rings (SSSR count). The Labute approximate surface area is 105 Å². The van der Waals surface area contributed by atoms with E-state index in [-0.39, 0.29) is 0 Å². The average molecular weight is 244 g/mol. The van der Waals surface area contributed by atoms with Gasteiger partial charge in [-0.3, -0.25) is 0 Å². The molecule has 0 saturated heterocycles. The van der Waals surface area contributed by atoms with Gasteiger partial charge in [0.15, 0.2) is 0 Å². The summed E-state index contributed by atoms with van der Waals surface area (Å²) in [7, 11) is 0. The second-order valence-electron chi connectivity index (χ2n) is 5.77. The van der Waals surface area contributed by atoms with Crippen LogP contribution in [0.25, 0.3) is 11.0 Å². The van der Waals surface area contributed by atoms with E-state index in [9.17, 15) is 9.90 Å². The van der Waals surface area contributed by atoms with Gasteiger partial charge in [-0.05, 0) is 29.9 Å². The Morgan fingerprint density at radius 2 is 2.28 bits per heavy atom. The molecule has 1 aromatic heterocycles. The summed E-state index contributed by atoms with van der Waals surface area (Å²) in [6, 6.07) is 5.24. The third-order valence-electron chi connectivity index (χ3n) is 4.00. The second-order valence-corrected chi connectivity index (χ2v) is 5.77. The topological polar surface area (TPSA) is 55.1 Å². The molecule has 1 aliphatic carbocycles.